The number of fused-ring (bicyclic) bond motifs is 1. The Labute approximate surface area is 126 Å². The first-order valence-corrected chi connectivity index (χ1v) is 8.06. The fraction of sp³-hybridized carbons (Fsp3) is 0.400. The number of hydrogen-bond acceptors (Lipinski definition) is 1. The Kier molecular flexibility index (Phi) is 2.85. The van der Waals surface area contributed by atoms with Crippen LogP contribution in [0.25, 0.3) is 11.3 Å². The second kappa shape index (κ2) is 4.62. The number of rotatable bonds is 3. The van der Waals surface area contributed by atoms with E-state index in [1.165, 1.54) is 54.6 Å². The summed E-state index contributed by atoms with van der Waals surface area (Å²) in [7, 11) is 0. The van der Waals surface area contributed by atoms with E-state index in [4.69, 9.17) is 4.42 Å². The minimum absolute atomic E-state index is 0.247. The van der Waals surface area contributed by atoms with Crippen LogP contribution in [0.15, 0.2) is 47.4 Å². The lowest BCUT2D eigenvalue weighted by Gasteiger charge is -2.12. The van der Waals surface area contributed by atoms with Gasteiger partial charge in [-0.3, -0.25) is 0 Å². The minimum Gasteiger partial charge on any atom is -0.460 e. The van der Waals surface area contributed by atoms with Gasteiger partial charge >= 0.3 is 0 Å². The van der Waals surface area contributed by atoms with E-state index < -0.39 is 0 Å². The molecule has 2 aliphatic rings. The quantitative estimate of drug-likeness (QED) is 0.675. The van der Waals surface area contributed by atoms with Crippen molar-refractivity contribution in [2.75, 3.05) is 0 Å². The molecule has 0 spiro atoms. The molecule has 0 aliphatic heterocycles. The second-order valence-electron chi connectivity index (χ2n) is 6.79. The van der Waals surface area contributed by atoms with Crippen molar-refractivity contribution < 1.29 is 4.42 Å². The molecule has 21 heavy (non-hydrogen) atoms. The van der Waals surface area contributed by atoms with Gasteiger partial charge in [-0.25, -0.2) is 0 Å². The lowest BCUT2D eigenvalue weighted by molar-refractivity contribution is 0.499. The van der Waals surface area contributed by atoms with E-state index in [0.717, 1.165) is 5.76 Å². The molecule has 1 nitrogen and oxygen atoms in total. The van der Waals surface area contributed by atoms with Crippen molar-refractivity contribution in [3.05, 3.63) is 59.9 Å². The van der Waals surface area contributed by atoms with E-state index in [1.54, 1.807) is 0 Å². The predicted molar refractivity (Wildman–Crippen MR) is 86.4 cm³/mol. The Morgan fingerprint density at radius 3 is 2.52 bits per heavy atom. The van der Waals surface area contributed by atoms with Gasteiger partial charge in [-0.05, 0) is 43.1 Å². The Morgan fingerprint density at radius 2 is 1.86 bits per heavy atom. The molecule has 0 radical (unpaired) electrons. The van der Waals surface area contributed by atoms with E-state index in [9.17, 15) is 0 Å². The third-order valence-electron chi connectivity index (χ3n) is 5.35. The smallest absolute Gasteiger partial charge is 0.137 e. The molecule has 2 aliphatic carbocycles. The van der Waals surface area contributed by atoms with Crippen molar-refractivity contribution in [1.82, 2.24) is 0 Å². The molecule has 1 fully saturated rings. The van der Waals surface area contributed by atoms with Crippen LogP contribution in [0.2, 0.25) is 0 Å². The van der Waals surface area contributed by atoms with E-state index in [-0.39, 0.29) is 5.41 Å². The monoisotopic (exact) mass is 278 g/mol. The molecule has 2 aromatic rings. The minimum atomic E-state index is 0.247. The van der Waals surface area contributed by atoms with Crippen LogP contribution in [0.5, 0.6) is 0 Å². The van der Waals surface area contributed by atoms with Gasteiger partial charge in [-0.1, -0.05) is 43.3 Å². The number of allylic oxidation sites excluding steroid dienone is 1. The maximum Gasteiger partial charge on any atom is 0.137 e. The maximum absolute atomic E-state index is 6.43. The standard InChI is InChI=1S/C20H22O/c1-3-20(2)13-17(20)19-16-12-8-7-11-15(16)18(21-19)14-9-5-4-6-10-14/h3-6,9-10,17H,1,7-8,11-13H2,2H3. The first kappa shape index (κ1) is 12.9. The molecule has 0 saturated heterocycles. The van der Waals surface area contributed by atoms with Gasteiger partial charge in [0.05, 0.1) is 0 Å². The third-order valence-corrected chi connectivity index (χ3v) is 5.35. The van der Waals surface area contributed by atoms with Gasteiger partial charge in [-0.2, -0.15) is 0 Å². The van der Waals surface area contributed by atoms with E-state index >= 15 is 0 Å². The zero-order valence-corrected chi connectivity index (χ0v) is 12.7. The highest BCUT2D eigenvalue weighted by Crippen LogP contribution is 2.62. The SMILES string of the molecule is C=CC1(C)CC1c1oc(-c2ccccc2)c2c1CCCC2. The second-order valence-corrected chi connectivity index (χ2v) is 6.79. The van der Waals surface area contributed by atoms with Gasteiger partial charge in [0.2, 0.25) is 0 Å². The molecule has 0 bridgehead atoms. The summed E-state index contributed by atoms with van der Waals surface area (Å²) in [6, 6.07) is 10.6. The topological polar surface area (TPSA) is 13.1 Å². The molecule has 108 valence electrons. The maximum atomic E-state index is 6.43. The molecule has 1 saturated carbocycles. The van der Waals surface area contributed by atoms with Crippen LogP contribution in [0.4, 0.5) is 0 Å². The van der Waals surface area contributed by atoms with Crippen LogP contribution in [0, 0.1) is 5.41 Å². The largest absolute Gasteiger partial charge is 0.460 e. The molecular weight excluding hydrogens is 256 g/mol. The van der Waals surface area contributed by atoms with Crippen LogP contribution in [-0.2, 0) is 12.8 Å². The van der Waals surface area contributed by atoms with Crippen LogP contribution < -0.4 is 0 Å². The fourth-order valence-corrected chi connectivity index (χ4v) is 3.76. The highest BCUT2D eigenvalue weighted by atomic mass is 16.3. The highest BCUT2D eigenvalue weighted by Gasteiger charge is 2.51. The van der Waals surface area contributed by atoms with Crippen molar-refractivity contribution in [1.29, 1.82) is 0 Å². The van der Waals surface area contributed by atoms with Gasteiger partial charge in [0, 0.05) is 17.0 Å². The summed E-state index contributed by atoms with van der Waals surface area (Å²) in [6.45, 7) is 6.30. The molecule has 1 heteroatoms. The summed E-state index contributed by atoms with van der Waals surface area (Å²) in [5, 5.41) is 0. The van der Waals surface area contributed by atoms with Gasteiger partial charge in [-0.15, -0.1) is 6.58 Å². The zero-order chi connectivity index (χ0) is 14.4. The van der Waals surface area contributed by atoms with Crippen LogP contribution in [-0.4, -0.2) is 0 Å². The van der Waals surface area contributed by atoms with Gasteiger partial charge in [0.15, 0.2) is 0 Å². The number of hydrogen-bond donors (Lipinski definition) is 0. The normalized spacial score (nSPS) is 27.2. The summed E-state index contributed by atoms with van der Waals surface area (Å²) in [5.74, 6) is 2.92. The van der Waals surface area contributed by atoms with E-state index in [1.807, 2.05) is 0 Å². The first-order chi connectivity index (χ1) is 10.2. The lowest BCUT2D eigenvalue weighted by atomic mass is 9.89. The summed E-state index contributed by atoms with van der Waals surface area (Å²) in [5.41, 5.74) is 4.45. The van der Waals surface area contributed by atoms with Crippen molar-refractivity contribution in [2.45, 2.75) is 44.9 Å². The molecular formula is C20H22O. The molecule has 0 amide bonds. The molecule has 1 aromatic carbocycles. The van der Waals surface area contributed by atoms with Crippen LogP contribution in [0.3, 0.4) is 0 Å². The molecule has 1 aromatic heterocycles. The third kappa shape index (κ3) is 1.98. The number of furan rings is 1. The van der Waals surface area contributed by atoms with Crippen molar-refractivity contribution in [3.63, 3.8) is 0 Å². The molecule has 1 heterocycles. The summed E-state index contributed by atoms with van der Waals surface area (Å²) >= 11 is 0. The van der Waals surface area contributed by atoms with Gasteiger partial charge in [0.1, 0.15) is 11.5 Å². The van der Waals surface area contributed by atoms with Crippen molar-refractivity contribution >= 4 is 0 Å². The zero-order valence-electron chi connectivity index (χ0n) is 12.7. The summed E-state index contributed by atoms with van der Waals surface area (Å²) in [4.78, 5) is 0. The molecule has 4 rings (SSSR count). The van der Waals surface area contributed by atoms with Crippen molar-refractivity contribution in [2.24, 2.45) is 5.41 Å². The Bertz CT molecular complexity index is 679. The Hall–Kier alpha value is -1.76. The molecule has 0 N–H and O–H groups in total. The first-order valence-electron chi connectivity index (χ1n) is 8.06. The average molecular weight is 278 g/mol. The van der Waals surface area contributed by atoms with Crippen LogP contribution >= 0.6 is 0 Å². The highest BCUT2D eigenvalue weighted by molar-refractivity contribution is 5.65. The van der Waals surface area contributed by atoms with Crippen molar-refractivity contribution in [3.8, 4) is 11.3 Å². The predicted octanol–water partition coefficient (Wildman–Crippen LogP) is 5.51. The summed E-state index contributed by atoms with van der Waals surface area (Å²) < 4.78 is 6.43. The molecule has 2 atom stereocenters. The Morgan fingerprint density at radius 1 is 1.14 bits per heavy atom. The average Bonchev–Trinajstić information content (AvgIpc) is 3.07. The van der Waals surface area contributed by atoms with E-state index in [2.05, 4.69) is 49.9 Å². The Balaban J connectivity index is 1.83. The fourth-order valence-electron chi connectivity index (χ4n) is 3.76. The molecule has 2 unspecified atom stereocenters. The van der Waals surface area contributed by atoms with Gasteiger partial charge in [0.25, 0.3) is 0 Å². The summed E-state index contributed by atoms with van der Waals surface area (Å²) in [6.07, 6.45) is 8.23. The van der Waals surface area contributed by atoms with E-state index in [0.29, 0.717) is 5.92 Å². The van der Waals surface area contributed by atoms with Gasteiger partial charge < -0.3 is 4.42 Å². The number of benzene rings is 1. The lowest BCUT2D eigenvalue weighted by Crippen LogP contribution is -2.03. The van der Waals surface area contributed by atoms with Crippen LogP contribution in [0.1, 0.15) is 49.0 Å².